The normalized spacial score (nSPS) is 22.8. The van der Waals surface area contributed by atoms with E-state index < -0.39 is 12.1 Å². The van der Waals surface area contributed by atoms with Crippen molar-refractivity contribution in [3.63, 3.8) is 0 Å². The number of nitrogens with zero attached hydrogens (tertiary/aromatic N) is 5. The summed E-state index contributed by atoms with van der Waals surface area (Å²) >= 11 is 0. The molecule has 2 saturated heterocycles. The van der Waals surface area contributed by atoms with Gasteiger partial charge in [-0.1, -0.05) is 6.07 Å². The Balaban J connectivity index is 1.11. The fourth-order valence-corrected chi connectivity index (χ4v) is 4.93. The van der Waals surface area contributed by atoms with Gasteiger partial charge in [0.15, 0.2) is 0 Å². The summed E-state index contributed by atoms with van der Waals surface area (Å²) in [4.78, 5) is 39.7. The van der Waals surface area contributed by atoms with Crippen molar-refractivity contribution in [1.29, 1.82) is 0 Å². The fourth-order valence-electron chi connectivity index (χ4n) is 4.93. The zero-order valence-electron chi connectivity index (χ0n) is 19.1. The molecule has 9 nitrogen and oxygen atoms in total. The third-order valence-electron chi connectivity index (χ3n) is 7.26. The van der Waals surface area contributed by atoms with E-state index in [2.05, 4.69) is 22.1 Å². The molecule has 0 aromatic carbocycles. The van der Waals surface area contributed by atoms with Crippen LogP contribution in [0.4, 0.5) is 16.4 Å². The highest BCUT2D eigenvalue weighted by atomic mass is 16.6. The average Bonchev–Trinajstić information content (AvgIpc) is 3.81. The maximum absolute atomic E-state index is 13.1. The molecule has 2 saturated carbocycles. The number of hydrogen-bond acceptors (Lipinski definition) is 7. The van der Waals surface area contributed by atoms with Gasteiger partial charge in [0.1, 0.15) is 18.2 Å². The number of ether oxygens (including phenoxy) is 1. The molecule has 2 amide bonds. The number of rotatable bonds is 6. The van der Waals surface area contributed by atoms with Gasteiger partial charge in [-0.3, -0.25) is 9.69 Å². The molecule has 4 aliphatic rings. The van der Waals surface area contributed by atoms with E-state index in [0.717, 1.165) is 18.9 Å². The van der Waals surface area contributed by atoms with Crippen molar-refractivity contribution in [2.45, 2.75) is 43.6 Å². The van der Waals surface area contributed by atoms with E-state index in [1.54, 1.807) is 12.1 Å². The first kappa shape index (κ1) is 21.3. The lowest BCUT2D eigenvalue weighted by Gasteiger charge is -2.36. The molecular weight excluding hydrogens is 434 g/mol. The van der Waals surface area contributed by atoms with Gasteiger partial charge < -0.3 is 19.6 Å². The number of amides is 2. The predicted octanol–water partition coefficient (Wildman–Crippen LogP) is 2.51. The van der Waals surface area contributed by atoms with Crippen LogP contribution in [-0.2, 0) is 4.74 Å². The maximum atomic E-state index is 13.1. The minimum atomic E-state index is -0.536. The van der Waals surface area contributed by atoms with Crippen molar-refractivity contribution < 1.29 is 19.4 Å². The zero-order chi connectivity index (χ0) is 23.2. The van der Waals surface area contributed by atoms with Crippen molar-refractivity contribution in [3.8, 4) is 0 Å². The number of carbonyl (C=O) groups is 2. The summed E-state index contributed by atoms with van der Waals surface area (Å²) < 4.78 is 4.99. The summed E-state index contributed by atoms with van der Waals surface area (Å²) in [5.41, 5.74) is 3.27. The lowest BCUT2D eigenvalue weighted by molar-refractivity contribution is 0.0746. The van der Waals surface area contributed by atoms with E-state index in [-0.39, 0.29) is 19.1 Å². The number of hydrogen-bond donors (Lipinski definition) is 1. The lowest BCUT2D eigenvalue weighted by atomic mass is 10.1. The van der Waals surface area contributed by atoms with Gasteiger partial charge in [0, 0.05) is 38.6 Å². The highest BCUT2D eigenvalue weighted by Crippen LogP contribution is 2.47. The van der Waals surface area contributed by atoms with Gasteiger partial charge >= 0.3 is 6.09 Å². The molecule has 2 aliphatic carbocycles. The number of cyclic esters (lactones) is 1. The van der Waals surface area contributed by atoms with Gasteiger partial charge in [0.05, 0.1) is 18.2 Å². The van der Waals surface area contributed by atoms with Crippen LogP contribution >= 0.6 is 0 Å². The van der Waals surface area contributed by atoms with Crippen molar-refractivity contribution in [2.75, 3.05) is 49.2 Å². The highest BCUT2D eigenvalue weighted by Gasteiger charge is 2.35. The third-order valence-corrected chi connectivity index (χ3v) is 7.26. The van der Waals surface area contributed by atoms with E-state index in [9.17, 15) is 14.7 Å². The van der Waals surface area contributed by atoms with Gasteiger partial charge in [-0.2, -0.15) is 0 Å². The number of anilines is 2. The molecule has 1 N–H and O–H groups in total. The molecule has 4 heterocycles. The van der Waals surface area contributed by atoms with Crippen molar-refractivity contribution in [3.05, 3.63) is 47.3 Å². The first-order valence-electron chi connectivity index (χ1n) is 12.2. The Morgan fingerprint density at radius 1 is 1.03 bits per heavy atom. The molecule has 0 spiro atoms. The van der Waals surface area contributed by atoms with E-state index in [0.29, 0.717) is 36.3 Å². The van der Waals surface area contributed by atoms with Crippen LogP contribution in [0.2, 0.25) is 0 Å². The van der Waals surface area contributed by atoms with Crippen LogP contribution in [0, 0.1) is 0 Å². The van der Waals surface area contributed by atoms with Gasteiger partial charge in [-0.15, -0.1) is 0 Å². The standard InChI is InChI=1S/C25H29N5O4/c31-14-20-15-34-25(33)30(20)22-6-5-18(12-26-22)24(32)29-9-7-28(8-10-29)23-21(17-3-4-17)11-19(13-27-23)16-1-2-16/h5-6,11-13,16-17,20,31H,1-4,7-10,14-15H2/t20-/m1/s1. The predicted molar refractivity (Wildman–Crippen MR) is 125 cm³/mol. The van der Waals surface area contributed by atoms with Gasteiger partial charge in [-0.05, 0) is 60.8 Å². The summed E-state index contributed by atoms with van der Waals surface area (Å²) in [7, 11) is 0. The molecule has 34 heavy (non-hydrogen) atoms. The lowest BCUT2D eigenvalue weighted by Crippen LogP contribution is -2.49. The Kier molecular flexibility index (Phi) is 5.36. The molecule has 178 valence electrons. The Bertz CT molecular complexity index is 1090. The second kappa shape index (κ2) is 8.54. The summed E-state index contributed by atoms with van der Waals surface area (Å²) in [6.07, 6.45) is 8.08. The molecule has 2 aromatic rings. The second-order valence-electron chi connectivity index (χ2n) is 9.70. The van der Waals surface area contributed by atoms with Crippen LogP contribution in [0.25, 0.3) is 0 Å². The van der Waals surface area contributed by atoms with Crippen LogP contribution < -0.4 is 9.80 Å². The minimum Gasteiger partial charge on any atom is -0.447 e. The number of pyridine rings is 2. The van der Waals surface area contributed by atoms with E-state index in [1.807, 2.05) is 4.90 Å². The minimum absolute atomic E-state index is 0.0686. The Morgan fingerprint density at radius 3 is 2.44 bits per heavy atom. The summed E-state index contributed by atoms with van der Waals surface area (Å²) in [5, 5.41) is 9.45. The topological polar surface area (TPSA) is 99.1 Å². The van der Waals surface area contributed by atoms with Gasteiger partial charge in [0.25, 0.3) is 5.91 Å². The molecular formula is C25H29N5O4. The molecule has 6 rings (SSSR count). The molecule has 4 fully saturated rings. The first-order chi connectivity index (χ1) is 16.6. The number of aliphatic hydroxyl groups is 1. The monoisotopic (exact) mass is 463 g/mol. The molecule has 0 unspecified atom stereocenters. The fraction of sp³-hybridized carbons (Fsp3) is 0.520. The molecule has 2 aliphatic heterocycles. The van der Waals surface area contributed by atoms with Crippen LogP contribution in [0.1, 0.15) is 59.0 Å². The molecule has 0 bridgehead atoms. The van der Waals surface area contributed by atoms with E-state index in [1.165, 1.54) is 47.9 Å². The van der Waals surface area contributed by atoms with Crippen LogP contribution in [0.15, 0.2) is 30.6 Å². The largest absolute Gasteiger partial charge is 0.447 e. The number of aliphatic hydroxyl groups excluding tert-OH is 1. The average molecular weight is 464 g/mol. The first-order valence-corrected chi connectivity index (χ1v) is 12.2. The third kappa shape index (κ3) is 3.98. The Hall–Kier alpha value is -3.20. The van der Waals surface area contributed by atoms with Gasteiger partial charge in [0.2, 0.25) is 0 Å². The molecule has 9 heteroatoms. The number of carbonyl (C=O) groups excluding carboxylic acids is 2. The van der Waals surface area contributed by atoms with Crippen LogP contribution in [0.5, 0.6) is 0 Å². The van der Waals surface area contributed by atoms with Crippen molar-refractivity contribution in [1.82, 2.24) is 14.9 Å². The SMILES string of the molecule is O=C(c1ccc(N2C(=O)OC[C@H]2CO)nc1)N1CCN(c2ncc(C3CC3)cc2C2CC2)CC1. The quantitative estimate of drug-likeness (QED) is 0.703. The molecule has 1 atom stereocenters. The zero-order valence-corrected chi connectivity index (χ0v) is 19.1. The van der Waals surface area contributed by atoms with Gasteiger partial charge in [-0.25, -0.2) is 14.8 Å². The van der Waals surface area contributed by atoms with E-state index >= 15 is 0 Å². The number of aromatic nitrogens is 2. The smallest absolute Gasteiger partial charge is 0.416 e. The maximum Gasteiger partial charge on any atom is 0.416 e. The number of piperazine rings is 1. The van der Waals surface area contributed by atoms with Crippen molar-refractivity contribution >= 4 is 23.6 Å². The summed E-state index contributed by atoms with van der Waals surface area (Å²) in [6, 6.07) is 5.24. The second-order valence-corrected chi connectivity index (χ2v) is 9.70. The van der Waals surface area contributed by atoms with Crippen LogP contribution in [0.3, 0.4) is 0 Å². The van der Waals surface area contributed by atoms with Crippen molar-refractivity contribution in [2.24, 2.45) is 0 Å². The Labute approximate surface area is 198 Å². The summed E-state index contributed by atoms with van der Waals surface area (Å²) in [5.74, 6) is 2.75. The molecule has 2 aromatic heterocycles. The van der Waals surface area contributed by atoms with Crippen LogP contribution in [-0.4, -0.2) is 77.4 Å². The highest BCUT2D eigenvalue weighted by molar-refractivity contribution is 5.95. The van der Waals surface area contributed by atoms with E-state index in [4.69, 9.17) is 9.72 Å². The molecule has 0 radical (unpaired) electrons. The summed E-state index contributed by atoms with van der Waals surface area (Å²) in [6.45, 7) is 2.68. The Morgan fingerprint density at radius 2 is 1.79 bits per heavy atom.